The summed E-state index contributed by atoms with van der Waals surface area (Å²) in [5, 5.41) is 0.268. The molecule has 7 heteroatoms. The van der Waals surface area contributed by atoms with Crippen molar-refractivity contribution in [3.63, 3.8) is 0 Å². The summed E-state index contributed by atoms with van der Waals surface area (Å²) in [6.45, 7) is 0. The summed E-state index contributed by atoms with van der Waals surface area (Å²) < 4.78 is 45.5. The molecule has 0 saturated heterocycles. The van der Waals surface area contributed by atoms with Crippen molar-refractivity contribution in [3.8, 4) is 5.75 Å². The lowest BCUT2D eigenvalue weighted by molar-refractivity contribution is -0.137. The first-order valence-electron chi connectivity index (χ1n) is 10.1. The third-order valence-electron chi connectivity index (χ3n) is 5.18. The van der Waals surface area contributed by atoms with Crippen LogP contribution in [-0.4, -0.2) is 25.0 Å². The highest BCUT2D eigenvalue weighted by molar-refractivity contribution is 7.21. The average Bonchev–Trinajstić information content (AvgIpc) is 3.20. The van der Waals surface area contributed by atoms with Crippen molar-refractivity contribution >= 4 is 32.9 Å². The number of amides is 1. The van der Waals surface area contributed by atoms with Crippen LogP contribution >= 0.6 is 11.3 Å². The van der Waals surface area contributed by atoms with Crippen LogP contribution in [0.25, 0.3) is 15.7 Å². The molecule has 168 valence electrons. The maximum Gasteiger partial charge on any atom is 0.416 e. The fourth-order valence-corrected chi connectivity index (χ4v) is 4.69. The number of carbonyl (C=O) groups excluding carboxylic acids is 1. The van der Waals surface area contributed by atoms with Crippen molar-refractivity contribution in [2.45, 2.75) is 6.18 Å². The van der Waals surface area contributed by atoms with Crippen LogP contribution in [0, 0.1) is 0 Å². The van der Waals surface area contributed by atoms with E-state index in [1.807, 2.05) is 60.7 Å². The van der Waals surface area contributed by atoms with E-state index in [4.69, 9.17) is 4.74 Å². The number of hydrogen-bond donors (Lipinski definition) is 0. The summed E-state index contributed by atoms with van der Waals surface area (Å²) in [6, 6.07) is 22.7. The maximum atomic E-state index is 13.4. The molecule has 3 nitrogen and oxygen atoms in total. The SMILES string of the molecule is COc1c(C(=O)N(C)C=C(c2ccccc2)c2ccccc2)sc2ccc(C(F)(F)F)cc12. The van der Waals surface area contributed by atoms with Gasteiger partial charge in [0.25, 0.3) is 5.91 Å². The monoisotopic (exact) mass is 467 g/mol. The second kappa shape index (κ2) is 9.11. The molecule has 0 radical (unpaired) electrons. The number of thiophene rings is 1. The second-order valence-electron chi connectivity index (χ2n) is 7.36. The van der Waals surface area contributed by atoms with Crippen molar-refractivity contribution in [2.24, 2.45) is 0 Å². The number of alkyl halides is 3. The molecule has 0 bridgehead atoms. The molecule has 0 N–H and O–H groups in total. The molecule has 1 aromatic heterocycles. The third-order valence-corrected chi connectivity index (χ3v) is 6.32. The predicted octanol–water partition coefficient (Wildman–Crippen LogP) is 7.09. The minimum absolute atomic E-state index is 0.146. The summed E-state index contributed by atoms with van der Waals surface area (Å²) in [7, 11) is 2.98. The summed E-state index contributed by atoms with van der Waals surface area (Å²) in [4.78, 5) is 15.0. The molecule has 3 aromatic carbocycles. The first kappa shape index (κ1) is 22.6. The van der Waals surface area contributed by atoms with E-state index in [0.29, 0.717) is 4.70 Å². The lowest BCUT2D eigenvalue weighted by Crippen LogP contribution is -2.21. The van der Waals surface area contributed by atoms with Gasteiger partial charge < -0.3 is 9.64 Å². The van der Waals surface area contributed by atoms with Crippen molar-refractivity contribution in [2.75, 3.05) is 14.2 Å². The van der Waals surface area contributed by atoms with Gasteiger partial charge in [-0.25, -0.2) is 0 Å². The normalized spacial score (nSPS) is 11.3. The van der Waals surface area contributed by atoms with E-state index in [1.165, 1.54) is 18.1 Å². The Morgan fingerprint density at radius 2 is 1.52 bits per heavy atom. The molecule has 1 heterocycles. The topological polar surface area (TPSA) is 29.5 Å². The molecule has 1 amide bonds. The molecular formula is C26H20F3NO2S. The third kappa shape index (κ3) is 4.64. The second-order valence-corrected chi connectivity index (χ2v) is 8.42. The fourth-order valence-electron chi connectivity index (χ4n) is 3.56. The Bertz CT molecular complexity index is 1270. The van der Waals surface area contributed by atoms with Crippen LogP contribution in [0.15, 0.2) is 85.1 Å². The van der Waals surface area contributed by atoms with Gasteiger partial charge in [-0.2, -0.15) is 13.2 Å². The number of nitrogens with zero attached hydrogens (tertiary/aromatic N) is 1. The van der Waals surface area contributed by atoms with Crippen LogP contribution in [0.3, 0.4) is 0 Å². The Labute approximate surface area is 193 Å². The van der Waals surface area contributed by atoms with Crippen molar-refractivity contribution in [3.05, 3.63) is 107 Å². The molecule has 4 rings (SSSR count). The number of benzene rings is 3. The Morgan fingerprint density at radius 3 is 2.03 bits per heavy atom. The van der Waals surface area contributed by atoms with Gasteiger partial charge in [-0.3, -0.25) is 4.79 Å². The van der Waals surface area contributed by atoms with Gasteiger partial charge in [-0.05, 0) is 29.3 Å². The molecule has 0 aliphatic heterocycles. The fraction of sp³-hybridized carbons (Fsp3) is 0.115. The minimum Gasteiger partial charge on any atom is -0.494 e. The number of rotatable bonds is 5. The Kier molecular flexibility index (Phi) is 6.24. The molecule has 0 aliphatic carbocycles. The summed E-state index contributed by atoms with van der Waals surface area (Å²) in [5.74, 6) is -0.224. The molecule has 0 aliphatic rings. The molecule has 0 atom stereocenters. The first-order chi connectivity index (χ1) is 15.8. The van der Waals surface area contributed by atoms with E-state index in [1.54, 1.807) is 13.2 Å². The van der Waals surface area contributed by atoms with E-state index in [-0.39, 0.29) is 21.9 Å². The van der Waals surface area contributed by atoms with Crippen LogP contribution in [0.1, 0.15) is 26.4 Å². The average molecular weight is 468 g/mol. The van der Waals surface area contributed by atoms with Gasteiger partial charge in [0.2, 0.25) is 0 Å². The molecule has 0 saturated carbocycles. The molecule has 0 fully saturated rings. The predicted molar refractivity (Wildman–Crippen MR) is 125 cm³/mol. The van der Waals surface area contributed by atoms with E-state index < -0.39 is 11.7 Å². The van der Waals surface area contributed by atoms with Crippen LogP contribution in [0.5, 0.6) is 5.75 Å². The molecular weight excluding hydrogens is 447 g/mol. The highest BCUT2D eigenvalue weighted by Crippen LogP contribution is 2.41. The largest absolute Gasteiger partial charge is 0.494 e. The Morgan fingerprint density at radius 1 is 0.939 bits per heavy atom. The highest BCUT2D eigenvalue weighted by Gasteiger charge is 2.32. The van der Waals surface area contributed by atoms with Gasteiger partial charge in [0.1, 0.15) is 10.6 Å². The number of fused-ring (bicyclic) bond motifs is 1. The first-order valence-corrected chi connectivity index (χ1v) is 10.9. The number of halogens is 3. The minimum atomic E-state index is -4.48. The molecule has 33 heavy (non-hydrogen) atoms. The number of methoxy groups -OCH3 is 1. The van der Waals surface area contributed by atoms with Gasteiger partial charge >= 0.3 is 6.18 Å². The van der Waals surface area contributed by atoms with Gasteiger partial charge in [0.05, 0.1) is 12.7 Å². The molecule has 4 aromatic rings. The van der Waals surface area contributed by atoms with Crippen molar-refractivity contribution in [1.82, 2.24) is 4.90 Å². The van der Waals surface area contributed by atoms with Crippen LogP contribution in [0.2, 0.25) is 0 Å². The maximum absolute atomic E-state index is 13.4. The lowest BCUT2D eigenvalue weighted by Gasteiger charge is -2.16. The van der Waals surface area contributed by atoms with Crippen LogP contribution in [0.4, 0.5) is 13.2 Å². The number of hydrogen-bond acceptors (Lipinski definition) is 3. The highest BCUT2D eigenvalue weighted by atomic mass is 32.1. The van der Waals surface area contributed by atoms with E-state index in [9.17, 15) is 18.0 Å². The van der Waals surface area contributed by atoms with E-state index in [0.717, 1.165) is 40.2 Å². The zero-order valence-corrected chi connectivity index (χ0v) is 18.7. The van der Waals surface area contributed by atoms with Gasteiger partial charge in [-0.15, -0.1) is 11.3 Å². The standard InChI is InChI=1S/C26H20F3NO2S/c1-30(16-21(17-9-5-3-6-10-17)18-11-7-4-8-12-18)25(31)24-23(32-2)20-15-19(26(27,28)29)13-14-22(20)33-24/h3-16H,1-2H3. The summed E-state index contributed by atoms with van der Waals surface area (Å²) in [6.07, 6.45) is -2.75. The number of carbonyl (C=O) groups is 1. The van der Waals surface area contributed by atoms with Gasteiger partial charge in [0, 0.05) is 28.9 Å². The van der Waals surface area contributed by atoms with Crippen LogP contribution in [-0.2, 0) is 6.18 Å². The van der Waals surface area contributed by atoms with Crippen LogP contribution < -0.4 is 4.74 Å². The summed E-state index contributed by atoms with van der Waals surface area (Å²) >= 11 is 1.11. The smallest absolute Gasteiger partial charge is 0.416 e. The molecule has 0 spiro atoms. The zero-order chi connectivity index (χ0) is 23.6. The van der Waals surface area contributed by atoms with E-state index >= 15 is 0 Å². The quantitative estimate of drug-likeness (QED) is 0.314. The van der Waals surface area contributed by atoms with Crippen molar-refractivity contribution < 1.29 is 22.7 Å². The zero-order valence-electron chi connectivity index (χ0n) is 17.9. The van der Waals surface area contributed by atoms with Gasteiger partial charge in [-0.1, -0.05) is 60.7 Å². The number of ether oxygens (including phenoxy) is 1. The molecule has 0 unspecified atom stereocenters. The Balaban J connectivity index is 1.77. The van der Waals surface area contributed by atoms with E-state index in [2.05, 4.69) is 0 Å². The lowest BCUT2D eigenvalue weighted by atomic mass is 9.99. The summed E-state index contributed by atoms with van der Waals surface area (Å²) in [5.41, 5.74) is 1.92. The van der Waals surface area contributed by atoms with Crippen molar-refractivity contribution in [1.29, 1.82) is 0 Å². The van der Waals surface area contributed by atoms with Gasteiger partial charge in [0.15, 0.2) is 0 Å². The Hall–Kier alpha value is -3.58.